The normalized spacial score (nSPS) is 11.3. The predicted octanol–water partition coefficient (Wildman–Crippen LogP) is 8.48. The van der Waals surface area contributed by atoms with Gasteiger partial charge in [-0.1, -0.05) is 75.6 Å². The molecule has 0 bridgehead atoms. The van der Waals surface area contributed by atoms with E-state index in [2.05, 4.69) is 35.8 Å². The fraction of sp³-hybridized carbons (Fsp3) is 0.375. The van der Waals surface area contributed by atoms with Crippen LogP contribution < -0.4 is 4.74 Å². The van der Waals surface area contributed by atoms with Crippen LogP contribution in [0.25, 0.3) is 0 Å². The molecule has 196 valence electrons. The van der Waals surface area contributed by atoms with Gasteiger partial charge in [-0.15, -0.1) is 0 Å². The molecule has 0 N–H and O–H groups in total. The molecular weight excluding hydrogens is 471 g/mol. The number of hydrogen-bond acceptors (Lipinski definition) is 2. The molecule has 0 spiro atoms. The van der Waals surface area contributed by atoms with Gasteiger partial charge in [0.15, 0.2) is 0 Å². The van der Waals surface area contributed by atoms with Gasteiger partial charge in [-0.05, 0) is 72.6 Å². The summed E-state index contributed by atoms with van der Waals surface area (Å²) in [4.78, 5) is 2.19. The van der Waals surface area contributed by atoms with Crippen molar-refractivity contribution in [1.29, 1.82) is 0 Å². The zero-order chi connectivity index (χ0) is 26.5. The van der Waals surface area contributed by atoms with Crippen molar-refractivity contribution in [2.24, 2.45) is 0 Å². The maximum atomic E-state index is 12.8. The van der Waals surface area contributed by atoms with Crippen molar-refractivity contribution in [1.82, 2.24) is 4.90 Å². The maximum absolute atomic E-state index is 12.8. The molecule has 0 fully saturated rings. The minimum Gasteiger partial charge on any atom is -0.494 e. The molecule has 0 radical (unpaired) electrons. The minimum absolute atomic E-state index is 0.592. The number of rotatable bonds is 12. The summed E-state index contributed by atoms with van der Waals surface area (Å²) in [5.74, 6) is 7.29. The van der Waals surface area contributed by atoms with E-state index in [1.807, 2.05) is 43.3 Å². The molecule has 0 unspecified atom stereocenters. The Morgan fingerprint density at radius 1 is 0.676 bits per heavy atom. The van der Waals surface area contributed by atoms with E-state index >= 15 is 0 Å². The van der Waals surface area contributed by atoms with E-state index in [1.165, 1.54) is 25.7 Å². The van der Waals surface area contributed by atoms with Crippen molar-refractivity contribution in [3.8, 4) is 17.6 Å². The van der Waals surface area contributed by atoms with Gasteiger partial charge in [0.2, 0.25) is 0 Å². The van der Waals surface area contributed by atoms with Crippen molar-refractivity contribution in [3.63, 3.8) is 0 Å². The van der Waals surface area contributed by atoms with Crippen LogP contribution in [0.2, 0.25) is 0 Å². The van der Waals surface area contributed by atoms with Crippen molar-refractivity contribution in [3.05, 3.63) is 101 Å². The lowest BCUT2D eigenvalue weighted by Gasteiger charge is -2.21. The molecule has 0 amide bonds. The van der Waals surface area contributed by atoms with Gasteiger partial charge < -0.3 is 4.74 Å². The number of benzene rings is 3. The number of alkyl halides is 3. The molecule has 37 heavy (non-hydrogen) atoms. The highest BCUT2D eigenvalue weighted by molar-refractivity contribution is 5.44. The SMILES string of the molecule is CCCCCCCOc1ccc(C#Cc2ccc(CN(CC)Cc3ccc(C(F)(F)F)cc3)cc2)cc1. The molecule has 3 rings (SSSR count). The fourth-order valence-corrected chi connectivity index (χ4v) is 3.96. The summed E-state index contributed by atoms with van der Waals surface area (Å²) in [5.41, 5.74) is 3.25. The van der Waals surface area contributed by atoms with Crippen LogP contribution in [-0.2, 0) is 19.3 Å². The molecule has 3 aromatic rings. The van der Waals surface area contributed by atoms with Crippen LogP contribution in [-0.4, -0.2) is 18.1 Å². The molecule has 0 aliphatic rings. The van der Waals surface area contributed by atoms with E-state index < -0.39 is 11.7 Å². The monoisotopic (exact) mass is 507 g/mol. The summed E-state index contributed by atoms with van der Waals surface area (Å²) in [6.07, 6.45) is 1.81. The van der Waals surface area contributed by atoms with Gasteiger partial charge in [-0.3, -0.25) is 4.90 Å². The largest absolute Gasteiger partial charge is 0.494 e. The van der Waals surface area contributed by atoms with Gasteiger partial charge >= 0.3 is 6.18 Å². The first-order chi connectivity index (χ1) is 17.9. The smallest absolute Gasteiger partial charge is 0.416 e. The molecule has 3 aromatic carbocycles. The Kier molecular flexibility index (Phi) is 11.1. The van der Waals surface area contributed by atoms with Gasteiger partial charge in [0.25, 0.3) is 0 Å². The predicted molar refractivity (Wildman–Crippen MR) is 144 cm³/mol. The van der Waals surface area contributed by atoms with Crippen molar-refractivity contribution >= 4 is 0 Å². The number of nitrogens with zero attached hydrogens (tertiary/aromatic N) is 1. The minimum atomic E-state index is -4.31. The fourth-order valence-electron chi connectivity index (χ4n) is 3.96. The molecule has 0 heterocycles. The topological polar surface area (TPSA) is 12.5 Å². The van der Waals surface area contributed by atoms with Crippen molar-refractivity contribution < 1.29 is 17.9 Å². The lowest BCUT2D eigenvalue weighted by molar-refractivity contribution is -0.137. The second-order valence-electron chi connectivity index (χ2n) is 9.23. The highest BCUT2D eigenvalue weighted by Gasteiger charge is 2.29. The number of halogens is 3. The first-order valence-corrected chi connectivity index (χ1v) is 13.1. The van der Waals surface area contributed by atoms with E-state index in [1.54, 1.807) is 12.1 Å². The van der Waals surface area contributed by atoms with Gasteiger partial charge in [-0.2, -0.15) is 13.2 Å². The summed E-state index contributed by atoms with van der Waals surface area (Å²) in [6, 6.07) is 21.4. The molecule has 0 saturated carbocycles. The van der Waals surface area contributed by atoms with Crippen LogP contribution in [0.5, 0.6) is 5.75 Å². The van der Waals surface area contributed by atoms with Gasteiger partial charge in [-0.25, -0.2) is 0 Å². The molecule has 2 nitrogen and oxygen atoms in total. The number of hydrogen-bond donors (Lipinski definition) is 0. The third-order valence-corrected chi connectivity index (χ3v) is 6.22. The summed E-state index contributed by atoms with van der Waals surface area (Å²) in [5, 5.41) is 0. The lowest BCUT2D eigenvalue weighted by atomic mass is 10.1. The maximum Gasteiger partial charge on any atom is 0.416 e. The van der Waals surface area contributed by atoms with Gasteiger partial charge in [0, 0.05) is 24.2 Å². The van der Waals surface area contributed by atoms with E-state index in [0.717, 1.165) is 59.7 Å². The Morgan fingerprint density at radius 2 is 1.19 bits per heavy atom. The summed E-state index contributed by atoms with van der Waals surface area (Å²) < 4.78 is 44.2. The van der Waals surface area contributed by atoms with Crippen molar-refractivity contribution in [2.45, 2.75) is 65.2 Å². The first kappa shape index (κ1) is 28.3. The molecule has 0 atom stereocenters. The Hall–Kier alpha value is -3.23. The highest BCUT2D eigenvalue weighted by Crippen LogP contribution is 2.29. The average Bonchev–Trinajstić information content (AvgIpc) is 2.90. The third kappa shape index (κ3) is 9.98. The van der Waals surface area contributed by atoms with E-state index in [-0.39, 0.29) is 0 Å². The summed E-state index contributed by atoms with van der Waals surface area (Å²) in [7, 11) is 0. The standard InChI is InChI=1S/C32H36F3NO/c1-3-5-6-7-8-23-37-31-21-17-27(18-22-31)10-9-26-11-13-28(14-12-26)24-36(4-2)25-29-15-19-30(20-16-29)32(33,34)35/h11-22H,3-8,23-25H2,1-2H3. The second kappa shape index (κ2) is 14.5. The zero-order valence-electron chi connectivity index (χ0n) is 21.8. The third-order valence-electron chi connectivity index (χ3n) is 6.22. The first-order valence-electron chi connectivity index (χ1n) is 13.1. The van der Waals surface area contributed by atoms with Crippen molar-refractivity contribution in [2.75, 3.05) is 13.2 Å². The van der Waals surface area contributed by atoms with Crippen LogP contribution in [0.1, 0.15) is 73.8 Å². The quantitative estimate of drug-likeness (QED) is 0.180. The Labute approximate surface area is 219 Å². The van der Waals surface area contributed by atoms with Crippen LogP contribution >= 0.6 is 0 Å². The summed E-state index contributed by atoms with van der Waals surface area (Å²) in [6.45, 7) is 7.12. The van der Waals surface area contributed by atoms with E-state index in [4.69, 9.17) is 4.74 Å². The lowest BCUT2D eigenvalue weighted by Crippen LogP contribution is -2.22. The molecule has 5 heteroatoms. The van der Waals surface area contributed by atoms with Crippen LogP contribution in [0.4, 0.5) is 13.2 Å². The van der Waals surface area contributed by atoms with E-state index in [9.17, 15) is 13.2 Å². The summed E-state index contributed by atoms with van der Waals surface area (Å²) >= 11 is 0. The molecule has 0 aromatic heterocycles. The Morgan fingerprint density at radius 3 is 1.70 bits per heavy atom. The molecule has 0 aliphatic carbocycles. The van der Waals surface area contributed by atoms with Crippen LogP contribution in [0, 0.1) is 11.8 Å². The van der Waals surface area contributed by atoms with Gasteiger partial charge in [0.05, 0.1) is 12.2 Å². The van der Waals surface area contributed by atoms with Gasteiger partial charge in [0.1, 0.15) is 5.75 Å². The average molecular weight is 508 g/mol. The second-order valence-corrected chi connectivity index (χ2v) is 9.23. The molecule has 0 saturated heterocycles. The molecular formula is C32H36F3NO. The zero-order valence-corrected chi connectivity index (χ0v) is 21.8. The number of ether oxygens (including phenoxy) is 1. The van der Waals surface area contributed by atoms with Crippen LogP contribution in [0.3, 0.4) is 0 Å². The Balaban J connectivity index is 1.49. The number of unbranched alkanes of at least 4 members (excludes halogenated alkanes) is 4. The highest BCUT2D eigenvalue weighted by atomic mass is 19.4. The Bertz CT molecular complexity index is 1120. The van der Waals surface area contributed by atoms with Crippen LogP contribution in [0.15, 0.2) is 72.8 Å². The molecule has 0 aliphatic heterocycles. The van der Waals surface area contributed by atoms with E-state index in [0.29, 0.717) is 13.1 Å².